The molecule has 0 aromatic rings. The molecule has 1 saturated carbocycles. The summed E-state index contributed by atoms with van der Waals surface area (Å²) < 4.78 is 12.2. The van der Waals surface area contributed by atoms with Crippen LogP contribution in [0.4, 0.5) is 0 Å². The topological polar surface area (TPSA) is 96.4 Å². The number of nitrogens with zero attached hydrogens (tertiary/aromatic N) is 2. The number of likely N-dealkylation sites (tertiary alicyclic amines) is 1. The number of aliphatic hydroxyl groups excluding tert-OH is 1. The van der Waals surface area contributed by atoms with Gasteiger partial charge < -0.3 is 24.4 Å². The number of esters is 1. The second-order valence-electron chi connectivity index (χ2n) is 11.7. The third-order valence-corrected chi connectivity index (χ3v) is 9.28. The van der Waals surface area contributed by atoms with Crippen molar-refractivity contribution in [3.63, 3.8) is 0 Å². The number of hydrogen-bond acceptors (Lipinski definition) is 6. The van der Waals surface area contributed by atoms with Gasteiger partial charge in [0.1, 0.15) is 11.6 Å². The molecule has 8 nitrogen and oxygen atoms in total. The molecule has 39 heavy (non-hydrogen) atoms. The molecule has 4 rings (SSSR count). The Morgan fingerprint density at radius 1 is 1.05 bits per heavy atom. The average molecular weight is 545 g/mol. The van der Waals surface area contributed by atoms with Crippen molar-refractivity contribution >= 4 is 17.8 Å². The predicted octanol–water partition coefficient (Wildman–Crippen LogP) is 4.16. The van der Waals surface area contributed by atoms with Crippen molar-refractivity contribution in [3.8, 4) is 0 Å². The highest BCUT2D eigenvalue weighted by atomic mass is 16.6. The van der Waals surface area contributed by atoms with E-state index in [1.807, 2.05) is 11.0 Å². The summed E-state index contributed by atoms with van der Waals surface area (Å²) >= 11 is 0. The number of amides is 2. The van der Waals surface area contributed by atoms with Crippen molar-refractivity contribution in [2.75, 3.05) is 26.3 Å². The smallest absolute Gasteiger partial charge is 0.312 e. The van der Waals surface area contributed by atoms with Crippen molar-refractivity contribution in [2.24, 2.45) is 11.8 Å². The maximum atomic E-state index is 14.4. The highest BCUT2D eigenvalue weighted by Gasteiger charge is 2.75. The fraction of sp³-hybridized carbons (Fsp3) is 0.774. The van der Waals surface area contributed by atoms with Gasteiger partial charge in [0.15, 0.2) is 0 Å². The molecule has 0 aromatic carbocycles. The van der Waals surface area contributed by atoms with Gasteiger partial charge in [0, 0.05) is 25.7 Å². The summed E-state index contributed by atoms with van der Waals surface area (Å²) in [5.74, 6) is -1.92. The molecule has 2 bridgehead atoms. The number of carbonyl (C=O) groups excluding carboxylic acids is 3. The molecule has 8 heteroatoms. The molecular weight excluding hydrogens is 496 g/mol. The molecule has 218 valence electrons. The highest BCUT2D eigenvalue weighted by Crippen LogP contribution is 2.59. The van der Waals surface area contributed by atoms with Gasteiger partial charge in [0.05, 0.1) is 24.5 Å². The van der Waals surface area contributed by atoms with Crippen LogP contribution in [0.25, 0.3) is 0 Å². The van der Waals surface area contributed by atoms with E-state index in [9.17, 15) is 14.4 Å². The summed E-state index contributed by atoms with van der Waals surface area (Å²) in [6.07, 6.45) is 15.5. The second kappa shape index (κ2) is 13.9. The summed E-state index contributed by atoms with van der Waals surface area (Å²) in [6.45, 7) is 9.01. The lowest BCUT2D eigenvalue weighted by Gasteiger charge is -2.40. The highest BCUT2D eigenvalue weighted by molar-refractivity contribution is 5.98. The van der Waals surface area contributed by atoms with Crippen LogP contribution >= 0.6 is 0 Å². The summed E-state index contributed by atoms with van der Waals surface area (Å²) in [5.41, 5.74) is -0.982. The zero-order chi connectivity index (χ0) is 27.8. The number of allylic oxidation sites excluding steroid dienone is 1. The molecule has 0 aromatic heterocycles. The molecular formula is C31H48N2O6. The van der Waals surface area contributed by atoms with Gasteiger partial charge in [-0.15, -0.1) is 13.2 Å². The van der Waals surface area contributed by atoms with E-state index in [-0.39, 0.29) is 36.5 Å². The van der Waals surface area contributed by atoms with Crippen LogP contribution in [0, 0.1) is 11.8 Å². The Bertz CT molecular complexity index is 886. The van der Waals surface area contributed by atoms with Gasteiger partial charge in [0.2, 0.25) is 11.8 Å². The van der Waals surface area contributed by atoms with Crippen LogP contribution in [0.3, 0.4) is 0 Å². The van der Waals surface area contributed by atoms with Crippen molar-refractivity contribution in [1.29, 1.82) is 0 Å². The van der Waals surface area contributed by atoms with Gasteiger partial charge in [-0.25, -0.2) is 0 Å². The normalized spacial score (nSPS) is 29.9. The van der Waals surface area contributed by atoms with Crippen molar-refractivity contribution in [3.05, 3.63) is 25.3 Å². The number of rotatable bonds is 16. The molecule has 4 fully saturated rings. The number of aliphatic hydroxyl groups is 1. The lowest BCUT2D eigenvalue weighted by atomic mass is 9.70. The molecule has 3 aliphatic heterocycles. The van der Waals surface area contributed by atoms with Crippen LogP contribution in [-0.2, 0) is 23.9 Å². The van der Waals surface area contributed by atoms with E-state index in [1.54, 1.807) is 11.0 Å². The number of unbranched alkanes of at least 4 members (excludes halogenated alkanes) is 5. The van der Waals surface area contributed by atoms with Crippen molar-refractivity contribution in [2.45, 2.75) is 114 Å². The predicted molar refractivity (Wildman–Crippen MR) is 149 cm³/mol. The number of hydrogen-bond donors (Lipinski definition) is 1. The minimum Gasteiger partial charge on any atom is -0.465 e. The Hall–Kier alpha value is -2.19. The van der Waals surface area contributed by atoms with Crippen LogP contribution in [0.1, 0.15) is 89.9 Å². The zero-order valence-corrected chi connectivity index (χ0v) is 23.6. The van der Waals surface area contributed by atoms with Gasteiger partial charge in [-0.3, -0.25) is 14.4 Å². The lowest BCUT2D eigenvalue weighted by molar-refractivity contribution is -0.155. The fourth-order valence-corrected chi connectivity index (χ4v) is 7.46. The van der Waals surface area contributed by atoms with Gasteiger partial charge >= 0.3 is 5.97 Å². The summed E-state index contributed by atoms with van der Waals surface area (Å²) in [6, 6.07) is -0.596. The molecule has 0 radical (unpaired) electrons. The van der Waals surface area contributed by atoms with Gasteiger partial charge in [0.25, 0.3) is 0 Å². The largest absolute Gasteiger partial charge is 0.465 e. The summed E-state index contributed by atoms with van der Waals surface area (Å²) in [5, 5.41) is 9.15. The monoisotopic (exact) mass is 544 g/mol. The van der Waals surface area contributed by atoms with E-state index in [4.69, 9.17) is 14.6 Å². The minimum atomic E-state index is -0.982. The van der Waals surface area contributed by atoms with Crippen LogP contribution in [0.15, 0.2) is 25.3 Å². The number of carbonyl (C=O) groups is 3. The van der Waals surface area contributed by atoms with Crippen LogP contribution in [-0.4, -0.2) is 82.8 Å². The Morgan fingerprint density at radius 3 is 2.54 bits per heavy atom. The average Bonchev–Trinajstić information content (AvgIpc) is 3.59. The number of fused-ring (bicyclic) bond motifs is 1. The van der Waals surface area contributed by atoms with E-state index in [0.29, 0.717) is 32.5 Å². The standard InChI is InChI=1S/C31H48N2O6/c1-3-5-6-14-22-38-30(37)25-24-17-18-31(39-24)26(25)28(35)33(20-12-7-8-13-21-34)27(31)29(36)32(19-4-2)23-15-10-9-11-16-23/h3-4,23-27,34H,1-2,5-22H2/t24-,25+,26+,27?,31?/m1/s1. The third kappa shape index (κ3) is 6.12. The van der Waals surface area contributed by atoms with Gasteiger partial charge in [-0.05, 0) is 57.8 Å². The lowest BCUT2D eigenvalue weighted by Crippen LogP contribution is -2.58. The van der Waals surface area contributed by atoms with Crippen molar-refractivity contribution < 1.29 is 29.0 Å². The second-order valence-corrected chi connectivity index (χ2v) is 11.7. The Labute approximate surface area is 233 Å². The first-order valence-corrected chi connectivity index (χ1v) is 15.3. The van der Waals surface area contributed by atoms with E-state index >= 15 is 0 Å². The van der Waals surface area contributed by atoms with E-state index < -0.39 is 23.5 Å². The molecule has 1 aliphatic carbocycles. The minimum absolute atomic E-state index is 0.0629. The molecule has 2 unspecified atom stereocenters. The molecule has 4 aliphatic rings. The summed E-state index contributed by atoms with van der Waals surface area (Å²) in [7, 11) is 0. The van der Waals surface area contributed by atoms with Gasteiger partial charge in [-0.1, -0.05) is 44.3 Å². The molecule has 3 heterocycles. The molecule has 1 spiro atoms. The zero-order valence-electron chi connectivity index (χ0n) is 23.6. The van der Waals surface area contributed by atoms with Crippen LogP contribution < -0.4 is 0 Å². The third-order valence-electron chi connectivity index (χ3n) is 9.28. The first-order chi connectivity index (χ1) is 19.0. The molecule has 3 saturated heterocycles. The van der Waals surface area contributed by atoms with Crippen LogP contribution in [0.5, 0.6) is 0 Å². The van der Waals surface area contributed by atoms with Crippen molar-refractivity contribution in [1.82, 2.24) is 9.80 Å². The van der Waals surface area contributed by atoms with Gasteiger partial charge in [-0.2, -0.15) is 0 Å². The van der Waals surface area contributed by atoms with E-state index in [1.165, 1.54) is 6.42 Å². The Morgan fingerprint density at radius 2 is 1.82 bits per heavy atom. The fourth-order valence-electron chi connectivity index (χ4n) is 7.46. The quantitative estimate of drug-likeness (QED) is 0.178. The molecule has 5 atom stereocenters. The van der Waals surface area contributed by atoms with E-state index in [2.05, 4.69) is 13.2 Å². The summed E-state index contributed by atoms with van der Waals surface area (Å²) in [4.78, 5) is 45.5. The Kier molecular flexibility index (Phi) is 10.6. The maximum absolute atomic E-state index is 14.4. The van der Waals surface area contributed by atoms with Crippen LogP contribution in [0.2, 0.25) is 0 Å². The molecule has 2 amide bonds. The molecule has 1 N–H and O–H groups in total. The SMILES string of the molecule is C=CCCCCOC(=O)[C@@H]1[C@H]2C(=O)N(CCCCCCO)C(C(=O)N(CC=C)C3CCCCC3)C23CC[C@H]1O3. The maximum Gasteiger partial charge on any atom is 0.312 e. The first kappa shape index (κ1) is 29.8. The number of ether oxygens (including phenoxy) is 2. The first-order valence-electron chi connectivity index (χ1n) is 15.3. The van der Waals surface area contributed by atoms with E-state index in [0.717, 1.165) is 70.6 Å². The Balaban J connectivity index is 1.57.